The number of rotatable bonds is 6. The van der Waals surface area contributed by atoms with Gasteiger partial charge in [0.05, 0.1) is 17.7 Å². The number of phenolic OH excluding ortho intramolecular Hbond substituents is 1. The molecule has 0 aliphatic heterocycles. The first-order valence-corrected chi connectivity index (χ1v) is 10.7. The number of aromatic nitrogens is 1. The first kappa shape index (κ1) is 21.1. The normalized spacial score (nSPS) is 12.2. The molecule has 31 heavy (non-hydrogen) atoms. The molecule has 0 saturated heterocycles. The van der Waals surface area contributed by atoms with Crippen molar-refractivity contribution < 1.29 is 32.7 Å². The molecule has 12 heteroatoms. The van der Waals surface area contributed by atoms with Crippen molar-refractivity contribution in [3.05, 3.63) is 60.8 Å². The number of benzene rings is 3. The van der Waals surface area contributed by atoms with E-state index in [1.165, 1.54) is 18.3 Å². The van der Waals surface area contributed by atoms with Crippen LogP contribution >= 0.6 is 12.0 Å². The molecule has 0 fully saturated rings. The highest BCUT2D eigenvalue weighted by Crippen LogP contribution is 2.38. The minimum atomic E-state index is -4.58. The average Bonchev–Trinajstić information content (AvgIpc) is 2.76. The van der Waals surface area contributed by atoms with Gasteiger partial charge in [0.25, 0.3) is 10.1 Å². The molecule has 0 radical (unpaired) electrons. The summed E-state index contributed by atoms with van der Waals surface area (Å²) in [6.07, 6.45) is 1.38. The second-order valence-corrected chi connectivity index (χ2v) is 8.40. The van der Waals surface area contributed by atoms with Crippen LogP contribution in [0.1, 0.15) is 0 Å². The zero-order chi connectivity index (χ0) is 22.0. The number of azo groups is 1. The van der Waals surface area contributed by atoms with Gasteiger partial charge in [-0.15, -0.1) is 9.45 Å². The Kier molecular flexibility index (Phi) is 5.82. The van der Waals surface area contributed by atoms with Crippen molar-refractivity contribution in [1.29, 1.82) is 0 Å². The van der Waals surface area contributed by atoms with Crippen molar-refractivity contribution in [1.82, 2.24) is 4.98 Å². The fourth-order valence-corrected chi connectivity index (χ4v) is 4.08. The number of pyridine rings is 1. The molecule has 0 amide bonds. The Labute approximate surface area is 179 Å². The van der Waals surface area contributed by atoms with Crippen LogP contribution in [-0.4, -0.2) is 28.3 Å². The summed E-state index contributed by atoms with van der Waals surface area (Å²) in [5, 5.41) is 32.0. The lowest BCUT2D eigenvalue weighted by atomic mass is 10.1. The van der Waals surface area contributed by atoms with E-state index < -0.39 is 15.0 Å². The van der Waals surface area contributed by atoms with E-state index in [0.29, 0.717) is 10.6 Å². The second kappa shape index (κ2) is 8.55. The molecule has 158 valence electrons. The highest BCUT2D eigenvalue weighted by Gasteiger charge is 2.20. The van der Waals surface area contributed by atoms with Crippen LogP contribution in [0.25, 0.3) is 21.7 Å². The molecular weight excluding hydrogens is 446 g/mol. The number of phenols is 1. The average molecular weight is 459 g/mol. The monoisotopic (exact) mass is 459 g/mol. The lowest BCUT2D eigenvalue weighted by Gasteiger charge is -2.07. The highest BCUT2D eigenvalue weighted by atomic mass is 32.2. The van der Waals surface area contributed by atoms with E-state index in [9.17, 15) is 18.1 Å². The van der Waals surface area contributed by atoms with Crippen molar-refractivity contribution in [2.45, 2.75) is 9.79 Å². The molecule has 0 aliphatic rings. The van der Waals surface area contributed by atoms with Gasteiger partial charge in [0.1, 0.15) is 16.1 Å². The summed E-state index contributed by atoms with van der Waals surface area (Å²) in [7, 11) is -4.58. The van der Waals surface area contributed by atoms with E-state index in [4.69, 9.17) is 5.26 Å². The third kappa shape index (κ3) is 4.49. The SMILES string of the molecule is O=S(=O)(O)c1cc(N=Nc2ccc3cc(SOOO)ccc3c2)c(O)c2ncccc12. The van der Waals surface area contributed by atoms with Crippen LogP contribution in [0.15, 0.2) is 80.8 Å². The third-order valence-electron chi connectivity index (χ3n) is 4.31. The highest BCUT2D eigenvalue weighted by molar-refractivity contribution is 7.94. The molecule has 0 bridgehead atoms. The maximum Gasteiger partial charge on any atom is 0.295 e. The first-order valence-electron chi connectivity index (χ1n) is 8.55. The molecule has 4 aromatic rings. The largest absolute Gasteiger partial charge is 0.504 e. The second-order valence-electron chi connectivity index (χ2n) is 6.24. The Bertz CT molecular complexity index is 1430. The van der Waals surface area contributed by atoms with Gasteiger partial charge in [0.15, 0.2) is 5.75 Å². The Morgan fingerprint density at radius 2 is 1.77 bits per heavy atom. The lowest BCUT2D eigenvalue weighted by Crippen LogP contribution is -1.99. The molecule has 0 aliphatic carbocycles. The number of aromatic hydroxyl groups is 1. The van der Waals surface area contributed by atoms with Gasteiger partial charge in [-0.2, -0.15) is 13.5 Å². The minimum Gasteiger partial charge on any atom is -0.504 e. The van der Waals surface area contributed by atoms with E-state index >= 15 is 0 Å². The van der Waals surface area contributed by atoms with Crippen LogP contribution in [0.2, 0.25) is 0 Å². The topological polar surface area (TPSA) is 151 Å². The van der Waals surface area contributed by atoms with Gasteiger partial charge < -0.3 is 5.11 Å². The molecule has 0 unspecified atom stereocenters. The number of nitrogens with zero attached hydrogens (tertiary/aromatic N) is 3. The predicted octanol–water partition coefficient (Wildman–Crippen LogP) is 5.18. The van der Waals surface area contributed by atoms with Gasteiger partial charge >= 0.3 is 0 Å². The Morgan fingerprint density at radius 1 is 1.00 bits per heavy atom. The molecule has 3 N–H and O–H groups in total. The summed E-state index contributed by atoms with van der Waals surface area (Å²) in [5.41, 5.74) is 0.257. The summed E-state index contributed by atoms with van der Waals surface area (Å²) in [6.45, 7) is 0. The fraction of sp³-hybridized carbons (Fsp3) is 0. The van der Waals surface area contributed by atoms with Crippen molar-refractivity contribution >= 4 is 55.2 Å². The van der Waals surface area contributed by atoms with Crippen molar-refractivity contribution in [2.75, 3.05) is 0 Å². The van der Waals surface area contributed by atoms with E-state index in [1.807, 2.05) is 0 Å². The van der Waals surface area contributed by atoms with E-state index in [0.717, 1.165) is 28.9 Å². The molecule has 0 saturated carbocycles. The predicted molar refractivity (Wildman–Crippen MR) is 112 cm³/mol. The Hall–Kier alpha value is -3.13. The van der Waals surface area contributed by atoms with Crippen LogP contribution in [0, 0.1) is 0 Å². The zero-order valence-corrected chi connectivity index (χ0v) is 17.0. The van der Waals surface area contributed by atoms with Crippen molar-refractivity contribution in [3.8, 4) is 5.75 Å². The Balaban J connectivity index is 1.72. The maximum atomic E-state index is 11.8. The number of hydrogen-bond acceptors (Lipinski definition) is 10. The maximum absolute atomic E-state index is 11.8. The van der Waals surface area contributed by atoms with E-state index in [1.54, 1.807) is 36.4 Å². The standard InChI is InChI=1S/C19H13N3O7S2/c23-19-16(10-17(31(25,26)27)15-2-1-7-20-18(15)19)22-21-13-5-3-12-9-14(30-29-28-24)6-4-11(12)8-13/h1-10,23-24H,(H,25,26,27). The molecule has 1 aromatic heterocycles. The van der Waals surface area contributed by atoms with E-state index in [-0.39, 0.29) is 22.3 Å². The summed E-state index contributed by atoms with van der Waals surface area (Å²) in [6, 6.07) is 14.5. The summed E-state index contributed by atoms with van der Waals surface area (Å²) in [5.74, 6) is -0.361. The smallest absolute Gasteiger partial charge is 0.295 e. The molecule has 4 rings (SSSR count). The van der Waals surface area contributed by atoms with Crippen molar-refractivity contribution in [2.24, 2.45) is 10.2 Å². The van der Waals surface area contributed by atoms with Crippen LogP contribution in [0.3, 0.4) is 0 Å². The lowest BCUT2D eigenvalue weighted by molar-refractivity contribution is -0.432. The van der Waals surface area contributed by atoms with Crippen LogP contribution in [0.4, 0.5) is 11.4 Å². The molecule has 0 atom stereocenters. The first-order chi connectivity index (χ1) is 14.9. The van der Waals surface area contributed by atoms with Crippen LogP contribution in [-0.2, 0) is 19.5 Å². The van der Waals surface area contributed by atoms with Crippen LogP contribution in [0.5, 0.6) is 5.75 Å². The number of hydrogen-bond donors (Lipinski definition) is 3. The van der Waals surface area contributed by atoms with Gasteiger partial charge in [-0.1, -0.05) is 17.2 Å². The molecule has 1 heterocycles. The van der Waals surface area contributed by atoms with Gasteiger partial charge in [0, 0.05) is 16.5 Å². The minimum absolute atomic E-state index is 0.0239. The zero-order valence-electron chi connectivity index (χ0n) is 15.4. The molecule has 10 nitrogen and oxygen atoms in total. The van der Waals surface area contributed by atoms with Crippen LogP contribution < -0.4 is 0 Å². The summed E-state index contributed by atoms with van der Waals surface area (Å²) in [4.78, 5) is 4.24. The van der Waals surface area contributed by atoms with E-state index in [2.05, 4.69) is 24.6 Å². The quantitative estimate of drug-likeness (QED) is 0.116. The molecule has 0 spiro atoms. The van der Waals surface area contributed by atoms with Gasteiger partial charge in [0.2, 0.25) is 0 Å². The third-order valence-corrected chi connectivity index (χ3v) is 5.78. The van der Waals surface area contributed by atoms with Gasteiger partial charge in [-0.25, -0.2) is 5.26 Å². The molecular formula is C19H13N3O7S2. The van der Waals surface area contributed by atoms with Gasteiger partial charge in [-0.3, -0.25) is 9.54 Å². The molecule has 3 aromatic carbocycles. The fourth-order valence-electron chi connectivity index (χ4n) is 2.97. The summed E-state index contributed by atoms with van der Waals surface area (Å²) < 4.78 is 37.5. The summed E-state index contributed by atoms with van der Waals surface area (Å²) >= 11 is 0.835. The Morgan fingerprint density at radius 3 is 2.55 bits per heavy atom. The van der Waals surface area contributed by atoms with Crippen molar-refractivity contribution in [3.63, 3.8) is 0 Å². The van der Waals surface area contributed by atoms with Gasteiger partial charge in [-0.05, 0) is 53.2 Å². The number of fused-ring (bicyclic) bond motifs is 2.